The molecule has 0 aromatic carbocycles. The summed E-state index contributed by atoms with van der Waals surface area (Å²) in [5.41, 5.74) is 11.0. The molecule has 0 bridgehead atoms. The van der Waals surface area contributed by atoms with E-state index < -0.39 is 0 Å². The average Bonchev–Trinajstić information content (AvgIpc) is 3.43. The molecule has 2 saturated carbocycles. The van der Waals surface area contributed by atoms with E-state index in [-0.39, 0.29) is 23.0 Å². The second-order valence-corrected chi connectivity index (χ2v) is 6.51. The first-order valence-electron chi connectivity index (χ1n) is 9.65. The van der Waals surface area contributed by atoms with Crippen LogP contribution in [0.15, 0.2) is 0 Å². The Morgan fingerprint density at radius 3 is 1.89 bits per heavy atom. The van der Waals surface area contributed by atoms with Crippen LogP contribution in [0, 0.1) is 63.7 Å². The van der Waals surface area contributed by atoms with Crippen molar-refractivity contribution in [3.05, 3.63) is 74.9 Å². The molecule has 3 fully saturated rings. The van der Waals surface area contributed by atoms with Crippen molar-refractivity contribution in [1.29, 1.82) is 0 Å². The molecule has 154 valence electrons. The molecule has 2 aliphatic carbocycles. The van der Waals surface area contributed by atoms with Crippen molar-refractivity contribution in [3.63, 3.8) is 0 Å². The van der Waals surface area contributed by atoms with Gasteiger partial charge in [0.05, 0.1) is 5.92 Å². The van der Waals surface area contributed by atoms with Crippen LogP contribution in [-0.4, -0.2) is 68.1 Å². The predicted octanol–water partition coefficient (Wildman–Crippen LogP) is 2.69. The van der Waals surface area contributed by atoms with E-state index in [0.29, 0.717) is 19.0 Å². The van der Waals surface area contributed by atoms with Gasteiger partial charge in [0, 0.05) is 26.2 Å². The van der Waals surface area contributed by atoms with Gasteiger partial charge in [-0.25, -0.2) is 0 Å². The molecule has 1 aliphatic heterocycles. The Hall–Kier alpha value is -0.171. The molecule has 7 heteroatoms. The third kappa shape index (κ3) is 11.1. The Bertz CT molecular complexity index is 375. The number of hydrogen-bond donors (Lipinski definition) is 0. The number of rotatable bonds is 9. The minimum absolute atomic E-state index is 0. The number of nitrogens with one attached hydrogen (secondary N) is 1. The van der Waals surface area contributed by atoms with Gasteiger partial charge in [0.15, 0.2) is 0 Å². The fraction of sp³-hybridized carbons (Fsp3) is 0.476. The zero-order valence-electron chi connectivity index (χ0n) is 16.3. The number of carbonyl (C=O) groups is 1. The van der Waals surface area contributed by atoms with Crippen LogP contribution in [0.5, 0.6) is 0 Å². The van der Waals surface area contributed by atoms with Gasteiger partial charge >= 0.3 is 17.1 Å². The van der Waals surface area contributed by atoms with E-state index in [2.05, 4.69) is 15.3 Å². The van der Waals surface area contributed by atoms with Crippen molar-refractivity contribution in [2.24, 2.45) is 0 Å². The Morgan fingerprint density at radius 2 is 1.39 bits per heavy atom. The first-order valence-corrected chi connectivity index (χ1v) is 9.65. The van der Waals surface area contributed by atoms with Gasteiger partial charge in [-0.2, -0.15) is 0 Å². The number of hydroxylamine groups is 1. The molecule has 0 spiro atoms. The Morgan fingerprint density at radius 1 is 0.893 bits per heavy atom. The van der Waals surface area contributed by atoms with Crippen molar-refractivity contribution >= 4 is 5.97 Å². The van der Waals surface area contributed by atoms with Crippen LogP contribution in [0.4, 0.5) is 0 Å². The Labute approximate surface area is 182 Å². The van der Waals surface area contributed by atoms with Crippen LogP contribution >= 0.6 is 0 Å². The molecule has 1 saturated heterocycles. The van der Waals surface area contributed by atoms with Gasteiger partial charge in [-0.15, -0.1) is 13.1 Å². The summed E-state index contributed by atoms with van der Waals surface area (Å²) in [6.07, 6.45) is 18.9. The molecule has 3 rings (SSSR count). The van der Waals surface area contributed by atoms with Crippen molar-refractivity contribution in [1.82, 2.24) is 9.80 Å². The molecule has 0 atom stereocenters. The zero-order valence-corrected chi connectivity index (χ0v) is 17.4. The standard InChI is InChI=1S/C16H25N4O2.C5H5.Fe/c17-7-3-9-19-11-13-20(14-12-19)10-4-8-18-22-16(21)15-5-1-2-6-15;1-2-4-5-3-1;/h1-2,5-6,17H,3-4,7-14H2;1-5H;/q-2;;+2. The molecule has 1 heterocycles. The molecule has 3 aliphatic rings. The van der Waals surface area contributed by atoms with Gasteiger partial charge in [-0.3, -0.25) is 4.79 Å². The van der Waals surface area contributed by atoms with E-state index in [1.165, 1.54) is 0 Å². The maximum Gasteiger partial charge on any atom is 2.00 e. The third-order valence-electron chi connectivity index (χ3n) is 4.44. The molecule has 28 heavy (non-hydrogen) atoms. The van der Waals surface area contributed by atoms with Gasteiger partial charge in [0.1, 0.15) is 0 Å². The van der Waals surface area contributed by atoms with Gasteiger partial charge < -0.3 is 25.9 Å². The maximum absolute atomic E-state index is 11.5. The quantitative estimate of drug-likeness (QED) is 0.323. The summed E-state index contributed by atoms with van der Waals surface area (Å²) in [7, 11) is 0. The van der Waals surface area contributed by atoms with Crippen molar-refractivity contribution < 1.29 is 26.7 Å². The zero-order chi connectivity index (χ0) is 19.2. The molecule has 0 unspecified atom stereocenters. The third-order valence-corrected chi connectivity index (χ3v) is 4.44. The smallest absolute Gasteiger partial charge is 0.677 e. The Balaban J connectivity index is 0.000000567. The van der Waals surface area contributed by atoms with Crippen LogP contribution in [0.1, 0.15) is 12.8 Å². The van der Waals surface area contributed by atoms with Crippen LogP contribution in [-0.2, 0) is 26.7 Å². The van der Waals surface area contributed by atoms with Crippen LogP contribution < -0.4 is 0 Å². The monoisotopic (exact) mass is 426 g/mol. The van der Waals surface area contributed by atoms with Gasteiger partial charge in [0.2, 0.25) is 0 Å². The molecule has 0 aromatic heterocycles. The SMILES string of the molecule is [CH]1[CH][CH][CH][CH]1.[Fe+2].[NH-]CCCN1CCN(CCC[N-]OC(=O)[C]2[CH][CH][CH][CH]2)CC1. The summed E-state index contributed by atoms with van der Waals surface area (Å²) in [6.45, 7) is 7.42. The maximum atomic E-state index is 11.5. The van der Waals surface area contributed by atoms with Crippen molar-refractivity contribution in [2.75, 3.05) is 52.4 Å². The molecular weight excluding hydrogens is 396 g/mol. The van der Waals surface area contributed by atoms with E-state index >= 15 is 0 Å². The minimum Gasteiger partial charge on any atom is -0.677 e. The van der Waals surface area contributed by atoms with Gasteiger partial charge in [-0.1, -0.05) is 12.8 Å². The summed E-state index contributed by atoms with van der Waals surface area (Å²) in [6, 6.07) is 0. The molecule has 6 nitrogen and oxygen atoms in total. The first-order chi connectivity index (χ1) is 13.3. The van der Waals surface area contributed by atoms with E-state index in [4.69, 9.17) is 10.6 Å². The fourth-order valence-corrected chi connectivity index (χ4v) is 2.89. The van der Waals surface area contributed by atoms with E-state index in [9.17, 15) is 4.79 Å². The summed E-state index contributed by atoms with van der Waals surface area (Å²) >= 11 is 0. The minimum atomic E-state index is -0.381. The first kappa shape index (κ1) is 25.9. The number of hydrogen-bond acceptors (Lipinski definition) is 4. The molecule has 0 amide bonds. The summed E-state index contributed by atoms with van der Waals surface area (Å²) in [4.78, 5) is 21.3. The van der Waals surface area contributed by atoms with E-state index in [0.717, 1.165) is 52.1 Å². The normalized spacial score (nSPS) is 21.0. The largest absolute Gasteiger partial charge is 2.00 e. The van der Waals surface area contributed by atoms with Crippen LogP contribution in [0.3, 0.4) is 0 Å². The summed E-state index contributed by atoms with van der Waals surface area (Å²) < 4.78 is 0. The second-order valence-electron chi connectivity index (χ2n) is 6.51. The Kier molecular flexibility index (Phi) is 15.3. The van der Waals surface area contributed by atoms with Gasteiger partial charge in [0.25, 0.3) is 5.97 Å². The van der Waals surface area contributed by atoms with Crippen LogP contribution in [0.25, 0.3) is 11.2 Å². The van der Waals surface area contributed by atoms with Crippen molar-refractivity contribution in [2.45, 2.75) is 12.8 Å². The second kappa shape index (κ2) is 16.6. The van der Waals surface area contributed by atoms with Gasteiger partial charge in [-0.05, 0) is 70.9 Å². The topological polar surface area (TPSA) is 70.7 Å². The molecule has 1 N–H and O–H groups in total. The predicted molar refractivity (Wildman–Crippen MR) is 108 cm³/mol. The summed E-state index contributed by atoms with van der Waals surface area (Å²) in [5.74, 6) is 0.167. The summed E-state index contributed by atoms with van der Waals surface area (Å²) in [5, 5.41) is 0. The number of nitrogens with zero attached hydrogens (tertiary/aromatic N) is 3. The van der Waals surface area contributed by atoms with Crippen LogP contribution in [0.2, 0.25) is 0 Å². The molecule has 0 aromatic rings. The number of piperazine rings is 1. The molecular formula is C21H30FeN4O2. The average molecular weight is 426 g/mol. The van der Waals surface area contributed by atoms with E-state index in [1.54, 1.807) is 25.7 Å². The fourth-order valence-electron chi connectivity index (χ4n) is 2.89. The van der Waals surface area contributed by atoms with Crippen molar-refractivity contribution in [3.8, 4) is 0 Å². The number of carbonyl (C=O) groups excluding carboxylic acids is 1. The molecule has 10 radical (unpaired) electrons. The van der Waals surface area contributed by atoms with E-state index in [1.807, 2.05) is 32.1 Å².